The third kappa shape index (κ3) is 1.13. The molecule has 0 atom stereocenters. The predicted molar refractivity (Wildman–Crippen MR) is 51.5 cm³/mol. The van der Waals surface area contributed by atoms with Gasteiger partial charge in [0.05, 0.1) is 0 Å². The molecule has 0 radical (unpaired) electrons. The molecule has 64 valence electrons. The lowest BCUT2D eigenvalue weighted by Gasteiger charge is -2.07. The molecule has 0 bridgehead atoms. The van der Waals surface area contributed by atoms with Crippen LogP contribution >= 0.6 is 11.3 Å². The minimum atomic E-state index is 0.602. The molecule has 1 aliphatic rings. The highest BCUT2D eigenvalue weighted by molar-refractivity contribution is 7.12. The normalized spacial score (nSPS) is 15.6. The first-order valence-electron chi connectivity index (χ1n) is 3.93. The Kier molecular flexibility index (Phi) is 1.86. The first-order valence-corrected chi connectivity index (χ1v) is 4.75. The summed E-state index contributed by atoms with van der Waals surface area (Å²) in [7, 11) is 0. The Hall–Kier alpha value is -0.870. The maximum absolute atomic E-state index is 5.73. The van der Waals surface area contributed by atoms with Gasteiger partial charge in [-0.15, -0.1) is 11.3 Å². The van der Waals surface area contributed by atoms with E-state index in [2.05, 4.69) is 11.1 Å². The van der Waals surface area contributed by atoms with Crippen LogP contribution in [-0.4, -0.2) is 12.4 Å². The van der Waals surface area contributed by atoms with Crippen LogP contribution in [0.3, 0.4) is 0 Å². The van der Waals surface area contributed by atoms with E-state index in [-0.39, 0.29) is 0 Å². The molecule has 0 saturated carbocycles. The summed E-state index contributed by atoms with van der Waals surface area (Å²) in [6.07, 6.45) is 1.01. The fourth-order valence-electron chi connectivity index (χ4n) is 1.35. The second-order valence-electron chi connectivity index (χ2n) is 2.77. The smallest absolute Gasteiger partial charge is 0.126 e. The number of aliphatic imine (C=N–C) groups is 1. The highest BCUT2D eigenvalue weighted by Crippen LogP contribution is 2.24. The summed E-state index contributed by atoms with van der Waals surface area (Å²) >= 11 is 1.75. The zero-order valence-corrected chi connectivity index (χ0v) is 7.53. The van der Waals surface area contributed by atoms with Gasteiger partial charge in [-0.05, 0) is 6.07 Å². The lowest BCUT2D eigenvalue weighted by Crippen LogP contribution is -2.18. The van der Waals surface area contributed by atoms with Crippen molar-refractivity contribution in [2.75, 3.05) is 6.54 Å². The van der Waals surface area contributed by atoms with Gasteiger partial charge in [-0.1, -0.05) is 0 Å². The van der Waals surface area contributed by atoms with E-state index < -0.39 is 0 Å². The molecule has 0 amide bonds. The Bertz CT molecular complexity index is 327. The highest BCUT2D eigenvalue weighted by Gasteiger charge is 2.14. The standard InChI is InChI=1S/C8H11N3S/c9-4-5-3-6-7(12-5)1-2-11-8(6)10/h3H,1-2,4,9H2,(H2,10,11). The fraction of sp³-hybridized carbons (Fsp3) is 0.375. The molecule has 0 aromatic carbocycles. The molecule has 3 nitrogen and oxygen atoms in total. The van der Waals surface area contributed by atoms with Gasteiger partial charge in [-0.25, -0.2) is 0 Å². The van der Waals surface area contributed by atoms with Crippen LogP contribution in [0.25, 0.3) is 0 Å². The molecule has 12 heavy (non-hydrogen) atoms. The molecule has 4 N–H and O–H groups in total. The molecule has 1 aromatic rings. The van der Waals surface area contributed by atoms with Crippen LogP contribution in [0.4, 0.5) is 0 Å². The summed E-state index contributed by atoms with van der Waals surface area (Å²) in [5, 5.41) is 0. The number of nitrogens with zero attached hydrogens (tertiary/aromatic N) is 1. The summed E-state index contributed by atoms with van der Waals surface area (Å²) in [5.74, 6) is 0.673. The number of nitrogens with two attached hydrogens (primary N) is 2. The van der Waals surface area contributed by atoms with E-state index in [1.54, 1.807) is 11.3 Å². The molecular weight excluding hydrogens is 170 g/mol. The summed E-state index contributed by atoms with van der Waals surface area (Å²) in [6, 6.07) is 2.05. The topological polar surface area (TPSA) is 64.4 Å². The molecule has 1 aliphatic heterocycles. The van der Waals surface area contributed by atoms with E-state index in [4.69, 9.17) is 11.5 Å². The summed E-state index contributed by atoms with van der Waals surface area (Å²) in [4.78, 5) is 6.71. The van der Waals surface area contributed by atoms with E-state index in [1.165, 1.54) is 9.75 Å². The van der Waals surface area contributed by atoms with Gasteiger partial charge in [0.1, 0.15) is 5.84 Å². The third-order valence-corrected chi connectivity index (χ3v) is 3.18. The van der Waals surface area contributed by atoms with Crippen LogP contribution < -0.4 is 11.5 Å². The van der Waals surface area contributed by atoms with E-state index in [9.17, 15) is 0 Å². The monoisotopic (exact) mass is 181 g/mol. The Morgan fingerprint density at radius 1 is 1.58 bits per heavy atom. The number of hydrogen-bond donors (Lipinski definition) is 2. The van der Waals surface area contributed by atoms with E-state index in [0.29, 0.717) is 12.4 Å². The summed E-state index contributed by atoms with van der Waals surface area (Å²) in [6.45, 7) is 1.42. The number of hydrogen-bond acceptors (Lipinski definition) is 4. The van der Waals surface area contributed by atoms with Crippen LogP contribution in [-0.2, 0) is 13.0 Å². The average Bonchev–Trinajstić information content (AvgIpc) is 2.49. The molecule has 0 spiro atoms. The lowest BCUT2D eigenvalue weighted by molar-refractivity contribution is 0.960. The van der Waals surface area contributed by atoms with Crippen LogP contribution in [0.2, 0.25) is 0 Å². The SMILES string of the molecule is NCc1cc2c(s1)CCN=C2N. The quantitative estimate of drug-likeness (QED) is 0.661. The zero-order valence-electron chi connectivity index (χ0n) is 6.71. The van der Waals surface area contributed by atoms with Gasteiger partial charge in [-0.2, -0.15) is 0 Å². The van der Waals surface area contributed by atoms with Crippen molar-refractivity contribution in [1.29, 1.82) is 0 Å². The third-order valence-electron chi connectivity index (χ3n) is 1.96. The summed E-state index contributed by atoms with van der Waals surface area (Å²) in [5.41, 5.74) is 12.4. The number of thiophene rings is 1. The van der Waals surface area contributed by atoms with Gasteiger partial charge < -0.3 is 11.5 Å². The maximum atomic E-state index is 5.73. The van der Waals surface area contributed by atoms with Crippen LogP contribution in [0, 0.1) is 0 Å². The van der Waals surface area contributed by atoms with Crippen molar-refractivity contribution >= 4 is 17.2 Å². The molecular formula is C8H11N3S. The second kappa shape index (κ2) is 2.88. The highest BCUT2D eigenvalue weighted by atomic mass is 32.1. The zero-order chi connectivity index (χ0) is 8.55. The van der Waals surface area contributed by atoms with Crippen molar-refractivity contribution in [2.45, 2.75) is 13.0 Å². The maximum Gasteiger partial charge on any atom is 0.126 e. The van der Waals surface area contributed by atoms with Crippen molar-refractivity contribution in [3.8, 4) is 0 Å². The minimum absolute atomic E-state index is 0.602. The molecule has 0 unspecified atom stereocenters. The van der Waals surface area contributed by atoms with E-state index >= 15 is 0 Å². The molecule has 4 heteroatoms. The number of rotatable bonds is 1. The minimum Gasteiger partial charge on any atom is -0.383 e. The second-order valence-corrected chi connectivity index (χ2v) is 3.99. The average molecular weight is 181 g/mol. The van der Waals surface area contributed by atoms with Crippen molar-refractivity contribution in [3.63, 3.8) is 0 Å². The summed E-state index contributed by atoms with van der Waals surface area (Å²) < 4.78 is 0. The molecule has 2 rings (SSSR count). The first-order chi connectivity index (χ1) is 5.81. The van der Waals surface area contributed by atoms with Crippen LogP contribution in [0.1, 0.15) is 15.3 Å². The van der Waals surface area contributed by atoms with Crippen LogP contribution in [0.15, 0.2) is 11.1 Å². The Balaban J connectivity index is 2.46. The molecule has 1 aromatic heterocycles. The molecule has 0 saturated heterocycles. The van der Waals surface area contributed by atoms with Gasteiger partial charge in [0.25, 0.3) is 0 Å². The van der Waals surface area contributed by atoms with E-state index in [1.807, 2.05) is 0 Å². The van der Waals surface area contributed by atoms with Gasteiger partial charge in [0.15, 0.2) is 0 Å². The van der Waals surface area contributed by atoms with Gasteiger partial charge in [0, 0.05) is 34.8 Å². The Labute approximate surface area is 75.1 Å². The van der Waals surface area contributed by atoms with Gasteiger partial charge >= 0.3 is 0 Å². The van der Waals surface area contributed by atoms with E-state index in [0.717, 1.165) is 18.5 Å². The largest absolute Gasteiger partial charge is 0.383 e. The number of amidine groups is 1. The molecule has 0 fully saturated rings. The molecule has 2 heterocycles. The molecule has 0 aliphatic carbocycles. The van der Waals surface area contributed by atoms with Gasteiger partial charge in [-0.3, -0.25) is 4.99 Å². The Morgan fingerprint density at radius 3 is 3.08 bits per heavy atom. The van der Waals surface area contributed by atoms with Gasteiger partial charge in [0.2, 0.25) is 0 Å². The van der Waals surface area contributed by atoms with Crippen molar-refractivity contribution < 1.29 is 0 Å². The van der Waals surface area contributed by atoms with Crippen molar-refractivity contribution in [2.24, 2.45) is 16.5 Å². The van der Waals surface area contributed by atoms with Crippen molar-refractivity contribution in [1.82, 2.24) is 0 Å². The first kappa shape index (κ1) is 7.76. The Morgan fingerprint density at radius 2 is 2.42 bits per heavy atom. The predicted octanol–water partition coefficient (Wildman–Crippen LogP) is 0.468. The number of fused-ring (bicyclic) bond motifs is 1. The van der Waals surface area contributed by atoms with Crippen molar-refractivity contribution in [3.05, 3.63) is 21.4 Å². The lowest BCUT2D eigenvalue weighted by atomic mass is 10.1. The van der Waals surface area contributed by atoms with Crippen LogP contribution in [0.5, 0.6) is 0 Å². The fourth-order valence-corrected chi connectivity index (χ4v) is 2.39.